The highest BCUT2D eigenvalue weighted by atomic mass is 32.2. The molecule has 0 bridgehead atoms. The summed E-state index contributed by atoms with van der Waals surface area (Å²) in [4.78, 5) is -1.43. The molecule has 11 heteroatoms. The average molecular weight is 389 g/mol. The number of hydrogen-bond acceptors (Lipinski definition) is 3. The molecule has 0 saturated heterocycles. The molecule has 3 aromatic rings. The van der Waals surface area contributed by atoms with Crippen LogP contribution in [0.15, 0.2) is 41.3 Å². The van der Waals surface area contributed by atoms with Crippen LogP contribution in [0.1, 0.15) is 0 Å². The van der Waals surface area contributed by atoms with E-state index in [4.69, 9.17) is 5.14 Å². The number of nitrogens with zero attached hydrogens (tertiary/aromatic N) is 2. The molecule has 3 rings (SSSR count). The van der Waals surface area contributed by atoms with E-state index in [2.05, 4.69) is 5.10 Å². The Morgan fingerprint density at radius 3 is 2.04 bits per heavy atom. The van der Waals surface area contributed by atoms with Gasteiger partial charge in [0.25, 0.3) is 5.95 Å². The largest absolute Gasteiger partial charge is 0.269 e. The first-order valence-corrected chi connectivity index (χ1v) is 8.37. The van der Waals surface area contributed by atoms with E-state index in [0.29, 0.717) is 16.8 Å². The third-order valence-corrected chi connectivity index (χ3v) is 4.38. The van der Waals surface area contributed by atoms with Gasteiger partial charge in [-0.2, -0.15) is 8.78 Å². The zero-order valence-electron chi connectivity index (χ0n) is 12.6. The molecule has 136 valence electrons. The molecule has 0 fully saturated rings. The van der Waals surface area contributed by atoms with Crippen molar-refractivity contribution in [3.8, 4) is 16.9 Å². The van der Waals surface area contributed by atoms with Crippen LogP contribution in [0.25, 0.3) is 16.9 Å². The Morgan fingerprint density at radius 2 is 1.50 bits per heavy atom. The predicted octanol–water partition coefficient (Wildman–Crippen LogP) is 2.88. The predicted molar refractivity (Wildman–Crippen MR) is 80.2 cm³/mol. The summed E-state index contributed by atoms with van der Waals surface area (Å²) in [7, 11) is -4.74. The van der Waals surface area contributed by atoms with Crippen LogP contribution in [0.2, 0.25) is 0 Å². The van der Waals surface area contributed by atoms with Crippen LogP contribution in [-0.2, 0) is 10.0 Å². The molecular weight excluding hydrogens is 381 g/mol. The molecule has 1 heterocycles. The van der Waals surface area contributed by atoms with E-state index >= 15 is 0 Å². The highest BCUT2D eigenvalue weighted by molar-refractivity contribution is 7.89. The molecule has 0 spiro atoms. The summed E-state index contributed by atoms with van der Waals surface area (Å²) in [6.45, 7) is 0. The summed E-state index contributed by atoms with van der Waals surface area (Å²) < 4.78 is 92.7. The number of primary sulfonamides is 1. The minimum atomic E-state index is -4.74. The molecule has 0 aliphatic heterocycles. The maximum absolute atomic E-state index is 14.2. The molecule has 2 aromatic carbocycles. The van der Waals surface area contributed by atoms with Crippen LogP contribution >= 0.6 is 0 Å². The molecule has 2 N–H and O–H groups in total. The van der Waals surface area contributed by atoms with Crippen molar-refractivity contribution < 1.29 is 30.4 Å². The van der Waals surface area contributed by atoms with Gasteiger partial charge < -0.3 is 0 Å². The van der Waals surface area contributed by atoms with Crippen LogP contribution in [-0.4, -0.2) is 18.2 Å². The molecule has 0 atom stereocenters. The Balaban J connectivity index is 2.31. The van der Waals surface area contributed by atoms with Gasteiger partial charge in [0.1, 0.15) is 28.8 Å². The van der Waals surface area contributed by atoms with Crippen LogP contribution < -0.4 is 5.14 Å². The Bertz CT molecular complexity index is 1110. The van der Waals surface area contributed by atoms with E-state index < -0.39 is 55.4 Å². The molecule has 0 amide bonds. The molecule has 0 aliphatic carbocycles. The van der Waals surface area contributed by atoms with Gasteiger partial charge in [0, 0.05) is 5.56 Å². The lowest BCUT2D eigenvalue weighted by Crippen LogP contribution is -2.16. The van der Waals surface area contributed by atoms with E-state index in [1.54, 1.807) is 0 Å². The highest BCUT2D eigenvalue weighted by Gasteiger charge is 2.27. The lowest BCUT2D eigenvalue weighted by atomic mass is 10.1. The molecule has 0 saturated carbocycles. The molecule has 5 nitrogen and oxygen atoms in total. The normalized spacial score (nSPS) is 11.8. The van der Waals surface area contributed by atoms with Crippen molar-refractivity contribution in [2.75, 3.05) is 0 Å². The lowest BCUT2D eigenvalue weighted by Gasteiger charge is -2.10. The smallest absolute Gasteiger partial charge is 0.224 e. The van der Waals surface area contributed by atoms with Gasteiger partial charge >= 0.3 is 0 Å². The van der Waals surface area contributed by atoms with E-state index in [1.807, 2.05) is 0 Å². The second kappa shape index (κ2) is 6.18. The number of aromatic nitrogens is 2. The third kappa shape index (κ3) is 2.95. The van der Waals surface area contributed by atoms with Crippen LogP contribution in [0.4, 0.5) is 22.0 Å². The second-order valence-corrected chi connectivity index (χ2v) is 6.63. The van der Waals surface area contributed by atoms with Crippen molar-refractivity contribution in [1.82, 2.24) is 9.78 Å². The van der Waals surface area contributed by atoms with Crippen molar-refractivity contribution in [3.05, 3.63) is 65.6 Å². The fourth-order valence-electron chi connectivity index (χ4n) is 2.39. The number of halogens is 5. The van der Waals surface area contributed by atoms with Gasteiger partial charge in [0.05, 0.1) is 0 Å². The van der Waals surface area contributed by atoms with Crippen LogP contribution in [0.5, 0.6) is 0 Å². The van der Waals surface area contributed by atoms with Gasteiger partial charge in [0.2, 0.25) is 15.8 Å². The Hall–Kier alpha value is -2.79. The topological polar surface area (TPSA) is 78.0 Å². The minimum absolute atomic E-state index is 0.387. The molecule has 0 aliphatic rings. The second-order valence-electron chi connectivity index (χ2n) is 5.13. The van der Waals surface area contributed by atoms with Crippen LogP contribution in [0, 0.1) is 29.2 Å². The fourth-order valence-corrected chi connectivity index (χ4v) is 3.05. The van der Waals surface area contributed by atoms with Crippen molar-refractivity contribution >= 4 is 10.0 Å². The Labute approximate surface area is 143 Å². The first-order valence-electron chi connectivity index (χ1n) is 6.82. The van der Waals surface area contributed by atoms with E-state index in [1.165, 1.54) is 12.1 Å². The molecule has 26 heavy (non-hydrogen) atoms. The summed E-state index contributed by atoms with van der Waals surface area (Å²) in [6, 6.07) is 5.65. The summed E-state index contributed by atoms with van der Waals surface area (Å²) in [6.07, 6.45) is 0. The summed E-state index contributed by atoms with van der Waals surface area (Å²) in [5.74, 6) is -7.39. The summed E-state index contributed by atoms with van der Waals surface area (Å²) in [5.41, 5.74) is -1.79. The van der Waals surface area contributed by atoms with Gasteiger partial charge in [-0.25, -0.2) is 31.4 Å². The van der Waals surface area contributed by atoms with E-state index in [9.17, 15) is 30.4 Å². The molecular formula is C15H8F5N3O2S. The molecule has 0 unspecified atom stereocenters. The standard InChI is InChI=1S/C15H8F5N3O2S/c16-8-3-1-2-4-11(8)23-13(12(19)15(20)22-23)7-5-9(17)14(10(18)6-7)26(21,24)25/h1-6H,(H2,21,24,25). The van der Waals surface area contributed by atoms with Gasteiger partial charge in [-0.15, -0.1) is 5.10 Å². The van der Waals surface area contributed by atoms with Crippen molar-refractivity contribution in [3.63, 3.8) is 0 Å². The minimum Gasteiger partial charge on any atom is -0.224 e. The first kappa shape index (κ1) is 18.0. The van der Waals surface area contributed by atoms with Crippen LogP contribution in [0.3, 0.4) is 0 Å². The number of hydrogen-bond donors (Lipinski definition) is 1. The summed E-state index contributed by atoms with van der Waals surface area (Å²) in [5, 5.41) is 7.91. The van der Waals surface area contributed by atoms with Gasteiger partial charge in [0.15, 0.2) is 4.90 Å². The third-order valence-electron chi connectivity index (χ3n) is 3.43. The number of para-hydroxylation sites is 1. The van der Waals surface area contributed by atoms with Crippen molar-refractivity contribution in [2.24, 2.45) is 5.14 Å². The highest BCUT2D eigenvalue weighted by Crippen LogP contribution is 2.31. The number of sulfonamides is 1. The Morgan fingerprint density at radius 1 is 0.923 bits per heavy atom. The molecule has 0 radical (unpaired) electrons. The lowest BCUT2D eigenvalue weighted by molar-refractivity contribution is 0.487. The van der Waals surface area contributed by atoms with E-state index in [-0.39, 0.29) is 5.69 Å². The van der Waals surface area contributed by atoms with E-state index in [0.717, 1.165) is 12.1 Å². The van der Waals surface area contributed by atoms with Gasteiger partial charge in [-0.05, 0) is 24.3 Å². The SMILES string of the molecule is NS(=O)(=O)c1c(F)cc(-c2c(F)c(F)nn2-c2ccccc2F)cc1F. The van der Waals surface area contributed by atoms with Gasteiger partial charge in [-0.3, -0.25) is 0 Å². The zero-order valence-corrected chi connectivity index (χ0v) is 13.4. The number of nitrogens with two attached hydrogens (primary N) is 1. The molecule has 1 aromatic heterocycles. The average Bonchev–Trinajstić information content (AvgIpc) is 2.81. The first-order chi connectivity index (χ1) is 12.1. The quantitative estimate of drug-likeness (QED) is 0.700. The zero-order chi connectivity index (χ0) is 19.2. The number of benzene rings is 2. The maximum Gasteiger partial charge on any atom is 0.269 e. The van der Waals surface area contributed by atoms with Crippen molar-refractivity contribution in [1.29, 1.82) is 0 Å². The maximum atomic E-state index is 14.2. The van der Waals surface area contributed by atoms with Crippen molar-refractivity contribution in [2.45, 2.75) is 4.90 Å². The number of rotatable bonds is 3. The summed E-state index contributed by atoms with van der Waals surface area (Å²) >= 11 is 0. The van der Waals surface area contributed by atoms with Gasteiger partial charge in [-0.1, -0.05) is 12.1 Å². The fraction of sp³-hybridized carbons (Fsp3) is 0. The monoisotopic (exact) mass is 389 g/mol. The Kier molecular flexibility index (Phi) is 4.28.